The van der Waals surface area contributed by atoms with Crippen LogP contribution in [-0.4, -0.2) is 9.59 Å². The number of halogens is 1. The molecule has 1 heterocycles. The zero-order chi connectivity index (χ0) is 14.2. The Balaban J connectivity index is 2.42. The Morgan fingerprint density at radius 3 is 2.58 bits per heavy atom. The van der Waals surface area contributed by atoms with Gasteiger partial charge in [-0.25, -0.2) is 4.39 Å². The highest BCUT2D eigenvalue weighted by molar-refractivity contribution is 7.05. The lowest BCUT2D eigenvalue weighted by Crippen LogP contribution is -2.19. The maximum atomic E-state index is 13.3. The van der Waals surface area contributed by atoms with E-state index in [2.05, 4.69) is 30.4 Å². The van der Waals surface area contributed by atoms with E-state index in [1.54, 1.807) is 19.1 Å². The van der Waals surface area contributed by atoms with Gasteiger partial charge < -0.3 is 5.73 Å². The number of nitrogens with two attached hydrogens (primary N) is 1. The van der Waals surface area contributed by atoms with Crippen molar-refractivity contribution in [1.82, 2.24) is 9.59 Å². The van der Waals surface area contributed by atoms with Gasteiger partial charge in [0.25, 0.3) is 0 Å². The molecule has 0 bridgehead atoms. The van der Waals surface area contributed by atoms with Crippen molar-refractivity contribution in [2.75, 3.05) is 0 Å². The minimum absolute atomic E-state index is 0.102. The summed E-state index contributed by atoms with van der Waals surface area (Å²) in [5.41, 5.74) is 8.58. The number of rotatable bonds is 2. The van der Waals surface area contributed by atoms with Crippen LogP contribution in [0.4, 0.5) is 4.39 Å². The summed E-state index contributed by atoms with van der Waals surface area (Å²) in [4.78, 5) is 0.943. The SMILES string of the molecule is Cc1cc(C(N)c2snnc2C(C)(C)C)ccc1F. The van der Waals surface area contributed by atoms with Crippen molar-refractivity contribution in [2.45, 2.75) is 39.2 Å². The molecule has 5 heteroatoms. The van der Waals surface area contributed by atoms with Crippen LogP contribution in [0.5, 0.6) is 0 Å². The number of aryl methyl sites for hydroxylation is 1. The van der Waals surface area contributed by atoms with E-state index in [9.17, 15) is 4.39 Å². The van der Waals surface area contributed by atoms with Gasteiger partial charge in [0, 0.05) is 5.41 Å². The molecule has 3 nitrogen and oxygen atoms in total. The topological polar surface area (TPSA) is 51.8 Å². The highest BCUT2D eigenvalue weighted by atomic mass is 32.1. The summed E-state index contributed by atoms with van der Waals surface area (Å²) < 4.78 is 17.3. The number of aromatic nitrogens is 2. The molecule has 0 saturated heterocycles. The van der Waals surface area contributed by atoms with Crippen molar-refractivity contribution in [2.24, 2.45) is 5.73 Å². The smallest absolute Gasteiger partial charge is 0.126 e. The highest BCUT2D eigenvalue weighted by Crippen LogP contribution is 2.32. The molecule has 2 N–H and O–H groups in total. The first-order chi connectivity index (χ1) is 8.80. The third-order valence-electron chi connectivity index (χ3n) is 3.05. The quantitative estimate of drug-likeness (QED) is 0.917. The van der Waals surface area contributed by atoms with E-state index in [0.29, 0.717) is 5.56 Å². The Kier molecular flexibility index (Phi) is 3.69. The van der Waals surface area contributed by atoms with Crippen molar-refractivity contribution in [1.29, 1.82) is 0 Å². The first kappa shape index (κ1) is 14.1. The maximum Gasteiger partial charge on any atom is 0.126 e. The molecule has 19 heavy (non-hydrogen) atoms. The van der Waals surface area contributed by atoms with Gasteiger partial charge in [0.15, 0.2) is 0 Å². The molecule has 0 aliphatic carbocycles. The first-order valence-electron chi connectivity index (χ1n) is 6.15. The van der Waals surface area contributed by atoms with E-state index in [0.717, 1.165) is 16.1 Å². The third-order valence-corrected chi connectivity index (χ3v) is 3.85. The normalized spacial score (nSPS) is 13.6. The van der Waals surface area contributed by atoms with Crippen LogP contribution in [0.3, 0.4) is 0 Å². The number of benzene rings is 1. The summed E-state index contributed by atoms with van der Waals surface area (Å²) in [7, 11) is 0. The minimum Gasteiger partial charge on any atom is -0.319 e. The van der Waals surface area contributed by atoms with Crippen LogP contribution in [0.15, 0.2) is 18.2 Å². The second-order valence-corrected chi connectivity index (χ2v) is 6.51. The lowest BCUT2D eigenvalue weighted by molar-refractivity contribution is 0.556. The van der Waals surface area contributed by atoms with Crippen molar-refractivity contribution < 1.29 is 4.39 Å². The fourth-order valence-electron chi connectivity index (χ4n) is 1.93. The van der Waals surface area contributed by atoms with Gasteiger partial charge in [-0.3, -0.25) is 0 Å². The zero-order valence-electron chi connectivity index (χ0n) is 11.6. The first-order valence-corrected chi connectivity index (χ1v) is 6.92. The Bertz CT molecular complexity index is 587. The Hall–Kier alpha value is -1.33. The van der Waals surface area contributed by atoms with Crippen LogP contribution in [0.2, 0.25) is 0 Å². The van der Waals surface area contributed by atoms with Gasteiger partial charge in [-0.1, -0.05) is 37.4 Å². The molecule has 1 aromatic carbocycles. The predicted molar refractivity (Wildman–Crippen MR) is 75.8 cm³/mol. The Morgan fingerprint density at radius 1 is 1.32 bits per heavy atom. The van der Waals surface area contributed by atoms with Crippen molar-refractivity contribution in [3.8, 4) is 0 Å². The monoisotopic (exact) mass is 279 g/mol. The predicted octanol–water partition coefficient (Wildman–Crippen LogP) is 3.33. The van der Waals surface area contributed by atoms with Crippen LogP contribution in [0, 0.1) is 12.7 Å². The summed E-state index contributed by atoms with van der Waals surface area (Å²) in [6.07, 6.45) is 0. The van der Waals surface area contributed by atoms with E-state index in [4.69, 9.17) is 5.73 Å². The van der Waals surface area contributed by atoms with E-state index >= 15 is 0 Å². The summed E-state index contributed by atoms with van der Waals surface area (Å²) in [5.74, 6) is -0.213. The molecule has 0 spiro atoms. The minimum atomic E-state index is -0.312. The summed E-state index contributed by atoms with van der Waals surface area (Å²) in [6, 6.07) is 4.65. The van der Waals surface area contributed by atoms with Crippen LogP contribution in [-0.2, 0) is 5.41 Å². The molecule has 0 amide bonds. The molecule has 102 valence electrons. The van der Waals surface area contributed by atoms with Gasteiger partial charge in [-0.15, -0.1) is 5.10 Å². The van der Waals surface area contributed by atoms with Crippen LogP contribution in [0.1, 0.15) is 48.5 Å². The van der Waals surface area contributed by atoms with Crippen LogP contribution < -0.4 is 5.73 Å². The van der Waals surface area contributed by atoms with E-state index in [1.807, 2.05) is 0 Å². The Labute approximate surface area is 116 Å². The van der Waals surface area contributed by atoms with Crippen LogP contribution >= 0.6 is 11.5 Å². The van der Waals surface area contributed by atoms with Gasteiger partial charge in [-0.2, -0.15) is 0 Å². The van der Waals surface area contributed by atoms with Crippen molar-refractivity contribution in [3.63, 3.8) is 0 Å². The molecular weight excluding hydrogens is 261 g/mol. The molecule has 1 atom stereocenters. The molecule has 0 saturated carbocycles. The molecule has 0 radical (unpaired) electrons. The average molecular weight is 279 g/mol. The van der Waals surface area contributed by atoms with Gasteiger partial charge in [-0.05, 0) is 35.6 Å². The van der Waals surface area contributed by atoms with Gasteiger partial charge in [0.2, 0.25) is 0 Å². The molecule has 2 rings (SSSR count). The summed E-state index contributed by atoms with van der Waals surface area (Å²) >= 11 is 1.31. The van der Waals surface area contributed by atoms with Gasteiger partial charge in [0.1, 0.15) is 5.82 Å². The Morgan fingerprint density at radius 2 is 2.00 bits per heavy atom. The lowest BCUT2D eigenvalue weighted by Gasteiger charge is -2.19. The number of hydrogen-bond donors (Lipinski definition) is 1. The maximum absolute atomic E-state index is 13.3. The van der Waals surface area contributed by atoms with Crippen molar-refractivity contribution in [3.05, 3.63) is 45.7 Å². The lowest BCUT2D eigenvalue weighted by atomic mass is 9.89. The van der Waals surface area contributed by atoms with E-state index < -0.39 is 0 Å². The molecular formula is C14H18FN3S. The molecule has 1 aromatic heterocycles. The number of hydrogen-bond acceptors (Lipinski definition) is 4. The van der Waals surface area contributed by atoms with E-state index in [-0.39, 0.29) is 17.3 Å². The van der Waals surface area contributed by atoms with Gasteiger partial charge in [0.05, 0.1) is 16.6 Å². The fraction of sp³-hybridized carbons (Fsp3) is 0.429. The average Bonchev–Trinajstić information content (AvgIpc) is 2.80. The second kappa shape index (κ2) is 4.98. The second-order valence-electron chi connectivity index (χ2n) is 5.72. The molecule has 1 unspecified atom stereocenters. The third kappa shape index (κ3) is 2.82. The standard InChI is InChI=1S/C14H18FN3S/c1-8-7-9(5-6-10(8)15)11(16)12-13(14(2,3)4)17-18-19-12/h5-7,11H,16H2,1-4H3. The summed E-state index contributed by atoms with van der Waals surface area (Å²) in [6.45, 7) is 7.97. The van der Waals surface area contributed by atoms with Crippen LogP contribution in [0.25, 0.3) is 0 Å². The molecule has 2 aromatic rings. The molecule has 0 aliphatic rings. The summed E-state index contributed by atoms with van der Waals surface area (Å²) in [5, 5.41) is 4.19. The molecule has 0 fully saturated rings. The largest absolute Gasteiger partial charge is 0.319 e. The fourth-order valence-corrected chi connectivity index (χ4v) is 2.83. The highest BCUT2D eigenvalue weighted by Gasteiger charge is 2.26. The van der Waals surface area contributed by atoms with Crippen molar-refractivity contribution >= 4 is 11.5 Å². The van der Waals surface area contributed by atoms with Gasteiger partial charge >= 0.3 is 0 Å². The van der Waals surface area contributed by atoms with E-state index in [1.165, 1.54) is 17.6 Å². The zero-order valence-corrected chi connectivity index (χ0v) is 12.4. The molecule has 0 aliphatic heterocycles. The number of nitrogens with zero attached hydrogens (tertiary/aromatic N) is 2.